The number of hydrogen-bond acceptors (Lipinski definition) is 4. The lowest BCUT2D eigenvalue weighted by Gasteiger charge is -2.14. The number of aromatic nitrogens is 1. The fourth-order valence-corrected chi connectivity index (χ4v) is 3.31. The van der Waals surface area contributed by atoms with E-state index in [-0.39, 0.29) is 5.96 Å². The van der Waals surface area contributed by atoms with Crippen LogP contribution in [0.2, 0.25) is 0 Å². The molecule has 0 bridgehead atoms. The maximum absolute atomic E-state index is 5.97. The third-order valence-electron chi connectivity index (χ3n) is 4.88. The van der Waals surface area contributed by atoms with Crippen molar-refractivity contribution >= 4 is 16.9 Å². The van der Waals surface area contributed by atoms with E-state index in [0.717, 1.165) is 60.4 Å². The van der Waals surface area contributed by atoms with Gasteiger partial charge in [-0.2, -0.15) is 0 Å². The van der Waals surface area contributed by atoms with Crippen LogP contribution < -0.4 is 27.3 Å². The van der Waals surface area contributed by atoms with E-state index in [1.54, 1.807) is 0 Å². The van der Waals surface area contributed by atoms with Crippen molar-refractivity contribution in [3.8, 4) is 17.0 Å². The van der Waals surface area contributed by atoms with Gasteiger partial charge in [0.25, 0.3) is 0 Å². The molecule has 1 heterocycles. The number of para-hydroxylation sites is 1. The molecule has 0 amide bonds. The lowest BCUT2D eigenvalue weighted by atomic mass is 10.1. The molecule has 8 N–H and O–H groups in total. The van der Waals surface area contributed by atoms with E-state index in [0.29, 0.717) is 19.7 Å². The van der Waals surface area contributed by atoms with Crippen LogP contribution in [0.4, 0.5) is 0 Å². The van der Waals surface area contributed by atoms with Gasteiger partial charge in [-0.05, 0) is 68.2 Å². The van der Waals surface area contributed by atoms with Crippen molar-refractivity contribution in [1.29, 1.82) is 0 Å². The van der Waals surface area contributed by atoms with E-state index in [9.17, 15) is 0 Å². The van der Waals surface area contributed by atoms with Crippen LogP contribution >= 0.6 is 0 Å². The number of benzene rings is 2. The standard InChI is InChI=1S/C23H32N6O/c24-10-5-13-30-22-9-8-18(21-15-17-6-1-2-7-20(17)29-21)14-19(22)16-27-11-3-4-12-28-23(25)26/h1-2,6-9,14-15,27,29H,3-5,10-13,16,24H2,(H4,25,26,28). The summed E-state index contributed by atoms with van der Waals surface area (Å²) < 4.78 is 5.97. The number of fused-ring (bicyclic) bond motifs is 1. The van der Waals surface area contributed by atoms with Gasteiger partial charge in [-0.3, -0.25) is 4.99 Å². The third-order valence-corrected chi connectivity index (χ3v) is 4.88. The van der Waals surface area contributed by atoms with Gasteiger partial charge in [0.05, 0.1) is 6.61 Å². The maximum atomic E-state index is 5.97. The molecule has 0 spiro atoms. The number of aromatic amines is 1. The van der Waals surface area contributed by atoms with Gasteiger partial charge in [0, 0.05) is 35.2 Å². The Kier molecular flexibility index (Phi) is 8.11. The zero-order valence-corrected chi connectivity index (χ0v) is 17.4. The molecule has 3 rings (SSSR count). The fourth-order valence-electron chi connectivity index (χ4n) is 3.31. The van der Waals surface area contributed by atoms with Gasteiger partial charge < -0.3 is 32.2 Å². The van der Waals surface area contributed by atoms with Gasteiger partial charge in [0.15, 0.2) is 5.96 Å². The highest BCUT2D eigenvalue weighted by Crippen LogP contribution is 2.29. The Hall–Kier alpha value is -3.03. The summed E-state index contributed by atoms with van der Waals surface area (Å²) in [5.41, 5.74) is 20.8. The fraction of sp³-hybridized carbons (Fsp3) is 0.348. The number of nitrogens with zero attached hydrogens (tertiary/aromatic N) is 1. The van der Waals surface area contributed by atoms with Crippen LogP contribution in [0.1, 0.15) is 24.8 Å². The number of guanidine groups is 1. The molecule has 0 unspecified atom stereocenters. The Bertz CT molecular complexity index is 928. The second kappa shape index (κ2) is 11.2. The van der Waals surface area contributed by atoms with Crippen molar-refractivity contribution in [1.82, 2.24) is 10.3 Å². The summed E-state index contributed by atoms with van der Waals surface area (Å²) in [6.07, 6.45) is 2.78. The number of ether oxygens (including phenoxy) is 1. The second-order valence-corrected chi connectivity index (χ2v) is 7.27. The van der Waals surface area contributed by atoms with Gasteiger partial charge >= 0.3 is 0 Å². The summed E-state index contributed by atoms with van der Waals surface area (Å²) in [6, 6.07) is 16.8. The van der Waals surface area contributed by atoms with Crippen molar-refractivity contribution in [3.05, 3.63) is 54.1 Å². The topological polar surface area (TPSA) is 127 Å². The first kappa shape index (κ1) is 21.7. The summed E-state index contributed by atoms with van der Waals surface area (Å²) in [6.45, 7) is 3.52. The number of unbranched alkanes of at least 4 members (excludes halogenated alkanes) is 1. The van der Waals surface area contributed by atoms with Gasteiger partial charge in [0.1, 0.15) is 5.75 Å². The lowest BCUT2D eigenvalue weighted by Crippen LogP contribution is -2.23. The smallest absolute Gasteiger partial charge is 0.185 e. The van der Waals surface area contributed by atoms with Crippen LogP contribution in [0.5, 0.6) is 5.75 Å². The minimum absolute atomic E-state index is 0.149. The molecule has 0 aliphatic carbocycles. The highest BCUT2D eigenvalue weighted by molar-refractivity contribution is 5.86. The average Bonchev–Trinajstić information content (AvgIpc) is 3.18. The Morgan fingerprint density at radius 3 is 2.70 bits per heavy atom. The molecule has 30 heavy (non-hydrogen) atoms. The molecule has 0 aliphatic heterocycles. The van der Waals surface area contributed by atoms with Crippen LogP contribution in [-0.4, -0.2) is 37.2 Å². The molecular weight excluding hydrogens is 376 g/mol. The summed E-state index contributed by atoms with van der Waals surface area (Å²) >= 11 is 0. The van der Waals surface area contributed by atoms with Gasteiger partial charge in [0.2, 0.25) is 0 Å². The van der Waals surface area contributed by atoms with E-state index in [2.05, 4.69) is 51.7 Å². The van der Waals surface area contributed by atoms with Crippen molar-refractivity contribution < 1.29 is 4.74 Å². The summed E-state index contributed by atoms with van der Waals surface area (Å²) in [4.78, 5) is 7.51. The molecule has 2 aromatic carbocycles. The Balaban J connectivity index is 1.67. The number of rotatable bonds is 12. The molecule has 1 aromatic heterocycles. The molecule has 0 saturated carbocycles. The number of nitrogens with one attached hydrogen (secondary N) is 2. The van der Waals surface area contributed by atoms with Crippen molar-refractivity contribution in [3.63, 3.8) is 0 Å². The second-order valence-electron chi connectivity index (χ2n) is 7.27. The van der Waals surface area contributed by atoms with Crippen molar-refractivity contribution in [2.24, 2.45) is 22.2 Å². The Morgan fingerprint density at radius 1 is 1.03 bits per heavy atom. The van der Waals surface area contributed by atoms with Gasteiger partial charge in [-0.15, -0.1) is 0 Å². The monoisotopic (exact) mass is 408 g/mol. The molecule has 0 atom stereocenters. The Morgan fingerprint density at radius 2 is 1.90 bits per heavy atom. The molecule has 7 heteroatoms. The van der Waals surface area contributed by atoms with Gasteiger partial charge in [-0.1, -0.05) is 18.2 Å². The maximum Gasteiger partial charge on any atom is 0.185 e. The minimum Gasteiger partial charge on any atom is -0.493 e. The van der Waals surface area contributed by atoms with E-state index >= 15 is 0 Å². The number of aliphatic imine (C=N–C) groups is 1. The highest BCUT2D eigenvalue weighted by atomic mass is 16.5. The van der Waals surface area contributed by atoms with E-state index < -0.39 is 0 Å². The molecule has 160 valence electrons. The molecule has 3 aromatic rings. The van der Waals surface area contributed by atoms with Crippen molar-refractivity contribution in [2.75, 3.05) is 26.2 Å². The zero-order valence-electron chi connectivity index (χ0n) is 17.4. The van der Waals surface area contributed by atoms with E-state index in [1.165, 1.54) is 5.39 Å². The van der Waals surface area contributed by atoms with Crippen LogP contribution in [-0.2, 0) is 6.54 Å². The number of nitrogens with two attached hydrogens (primary N) is 3. The summed E-state index contributed by atoms with van der Waals surface area (Å²) in [5, 5.41) is 4.70. The lowest BCUT2D eigenvalue weighted by molar-refractivity contribution is 0.309. The SMILES string of the molecule is NCCCOc1ccc(-c2cc3ccccc3[nH]2)cc1CNCCCCN=C(N)N. The first-order chi connectivity index (χ1) is 14.7. The predicted molar refractivity (Wildman–Crippen MR) is 125 cm³/mol. The molecule has 0 fully saturated rings. The third kappa shape index (κ3) is 6.23. The molecule has 0 saturated heterocycles. The molecule has 0 radical (unpaired) electrons. The predicted octanol–water partition coefficient (Wildman–Crippen LogP) is 2.71. The quantitative estimate of drug-likeness (QED) is 0.179. The van der Waals surface area contributed by atoms with E-state index in [4.69, 9.17) is 21.9 Å². The van der Waals surface area contributed by atoms with Crippen LogP contribution in [0, 0.1) is 0 Å². The largest absolute Gasteiger partial charge is 0.493 e. The van der Waals surface area contributed by atoms with Crippen LogP contribution in [0.15, 0.2) is 53.5 Å². The molecular formula is C23H32N6O. The van der Waals surface area contributed by atoms with E-state index in [1.807, 2.05) is 12.1 Å². The molecule has 7 nitrogen and oxygen atoms in total. The number of hydrogen-bond donors (Lipinski definition) is 5. The average molecular weight is 409 g/mol. The zero-order chi connectivity index (χ0) is 21.2. The Labute approximate surface area is 177 Å². The van der Waals surface area contributed by atoms with Gasteiger partial charge in [-0.25, -0.2) is 0 Å². The highest BCUT2D eigenvalue weighted by Gasteiger charge is 2.09. The number of H-pyrrole nitrogens is 1. The van der Waals surface area contributed by atoms with Crippen molar-refractivity contribution in [2.45, 2.75) is 25.8 Å². The molecule has 0 aliphatic rings. The summed E-state index contributed by atoms with van der Waals surface area (Å²) in [7, 11) is 0. The summed E-state index contributed by atoms with van der Waals surface area (Å²) in [5.74, 6) is 1.05. The minimum atomic E-state index is 0.149. The first-order valence-electron chi connectivity index (χ1n) is 10.5. The first-order valence-corrected chi connectivity index (χ1v) is 10.5. The normalized spacial score (nSPS) is 11.0. The van der Waals surface area contributed by atoms with Crippen LogP contribution in [0.25, 0.3) is 22.2 Å². The van der Waals surface area contributed by atoms with Crippen LogP contribution in [0.3, 0.4) is 0 Å².